The Morgan fingerprint density at radius 1 is 1.03 bits per heavy atom. The van der Waals surface area contributed by atoms with E-state index in [0.29, 0.717) is 22.7 Å². The Hall–Kier alpha value is -4.11. The van der Waals surface area contributed by atoms with Crippen LogP contribution in [-0.4, -0.2) is 13.0 Å². The van der Waals surface area contributed by atoms with Gasteiger partial charge in [0, 0.05) is 5.69 Å². The van der Waals surface area contributed by atoms with Crippen LogP contribution in [0.2, 0.25) is 0 Å². The minimum atomic E-state index is -0.483. The molecule has 0 aliphatic rings. The molecule has 1 N–H and O–H groups in total. The first kappa shape index (κ1) is 23.6. The number of ether oxygens (including phenoxy) is 2. The topological polar surface area (TPSA) is 71.3 Å². The lowest BCUT2D eigenvalue weighted by Crippen LogP contribution is -2.15. The quantitative estimate of drug-likeness (QED) is 0.365. The Morgan fingerprint density at radius 2 is 1.70 bits per heavy atom. The van der Waals surface area contributed by atoms with Gasteiger partial charge in [-0.05, 0) is 73.4 Å². The van der Waals surface area contributed by atoms with Crippen LogP contribution in [0.3, 0.4) is 0 Å². The van der Waals surface area contributed by atoms with Gasteiger partial charge < -0.3 is 14.8 Å². The third-order valence-electron chi connectivity index (χ3n) is 5.09. The first-order valence-electron chi connectivity index (χ1n) is 10.4. The molecule has 6 heteroatoms. The number of carbonyl (C=O) groups is 1. The molecule has 0 saturated heterocycles. The molecule has 33 heavy (non-hydrogen) atoms. The lowest BCUT2D eigenvalue weighted by atomic mass is 10.0. The SMILES string of the molecule is COc1cc(/C=C(\C#N)C(=O)Nc2c(C)cc(C)cc2C)ccc1OCc1ccc(F)cc1. The zero-order valence-electron chi connectivity index (χ0n) is 19.0. The van der Waals surface area contributed by atoms with Crippen LogP contribution in [0.4, 0.5) is 10.1 Å². The second-order valence-electron chi connectivity index (χ2n) is 7.72. The highest BCUT2D eigenvalue weighted by Gasteiger charge is 2.14. The van der Waals surface area contributed by atoms with E-state index in [9.17, 15) is 14.4 Å². The van der Waals surface area contributed by atoms with Gasteiger partial charge in [-0.15, -0.1) is 0 Å². The average Bonchev–Trinajstić information content (AvgIpc) is 2.79. The fourth-order valence-electron chi connectivity index (χ4n) is 3.51. The molecule has 5 nitrogen and oxygen atoms in total. The Bertz CT molecular complexity index is 1220. The predicted octanol–water partition coefficient (Wildman–Crippen LogP) is 5.88. The Morgan fingerprint density at radius 3 is 2.30 bits per heavy atom. The van der Waals surface area contributed by atoms with E-state index in [1.165, 1.54) is 25.3 Å². The molecule has 1 amide bonds. The van der Waals surface area contributed by atoms with E-state index < -0.39 is 5.91 Å². The zero-order chi connectivity index (χ0) is 24.0. The number of amides is 1. The molecule has 0 saturated carbocycles. The summed E-state index contributed by atoms with van der Waals surface area (Å²) < 4.78 is 24.3. The summed E-state index contributed by atoms with van der Waals surface area (Å²) in [5.41, 5.74) is 5.07. The minimum absolute atomic E-state index is 0.0311. The molecule has 0 heterocycles. The third kappa shape index (κ3) is 5.98. The number of methoxy groups -OCH3 is 1. The zero-order valence-corrected chi connectivity index (χ0v) is 19.0. The van der Waals surface area contributed by atoms with Crippen molar-refractivity contribution in [2.45, 2.75) is 27.4 Å². The number of hydrogen-bond donors (Lipinski definition) is 1. The van der Waals surface area contributed by atoms with Crippen LogP contribution >= 0.6 is 0 Å². The van der Waals surface area contributed by atoms with Gasteiger partial charge in [-0.1, -0.05) is 35.9 Å². The number of anilines is 1. The molecule has 0 unspecified atom stereocenters. The van der Waals surface area contributed by atoms with Gasteiger partial charge in [0.1, 0.15) is 24.1 Å². The van der Waals surface area contributed by atoms with Crippen molar-refractivity contribution < 1.29 is 18.7 Å². The number of benzene rings is 3. The first-order chi connectivity index (χ1) is 15.8. The van der Waals surface area contributed by atoms with Crippen LogP contribution in [0.15, 0.2) is 60.2 Å². The Labute approximate surface area is 193 Å². The maximum Gasteiger partial charge on any atom is 0.266 e. The molecule has 3 aromatic carbocycles. The summed E-state index contributed by atoms with van der Waals surface area (Å²) in [5.74, 6) is 0.155. The number of nitrogens with zero attached hydrogens (tertiary/aromatic N) is 1. The molecule has 168 valence electrons. The third-order valence-corrected chi connectivity index (χ3v) is 5.09. The van der Waals surface area contributed by atoms with Gasteiger partial charge in [0.2, 0.25) is 0 Å². The number of halogens is 1. The first-order valence-corrected chi connectivity index (χ1v) is 10.4. The number of nitriles is 1. The number of rotatable bonds is 7. The molecule has 0 fully saturated rings. The molecule has 3 aromatic rings. The van der Waals surface area contributed by atoms with Gasteiger partial charge in [-0.25, -0.2) is 4.39 Å². The number of nitrogens with one attached hydrogen (secondary N) is 1. The number of carbonyl (C=O) groups excluding carboxylic acids is 1. The lowest BCUT2D eigenvalue weighted by Gasteiger charge is -2.13. The normalized spacial score (nSPS) is 11.0. The summed E-state index contributed by atoms with van der Waals surface area (Å²) in [7, 11) is 1.51. The average molecular weight is 445 g/mol. The van der Waals surface area contributed by atoms with Crippen molar-refractivity contribution in [3.8, 4) is 17.6 Å². The van der Waals surface area contributed by atoms with Gasteiger partial charge in [0.05, 0.1) is 7.11 Å². The Kier molecular flexibility index (Phi) is 7.47. The van der Waals surface area contributed by atoms with Crippen LogP contribution < -0.4 is 14.8 Å². The van der Waals surface area contributed by atoms with E-state index in [2.05, 4.69) is 5.32 Å². The standard InChI is InChI=1S/C27H25FN2O3/c1-17-11-18(2)26(19(3)12-17)30-27(31)22(15-29)13-21-7-10-24(25(14-21)32-4)33-16-20-5-8-23(28)9-6-20/h5-14H,16H2,1-4H3,(H,30,31)/b22-13+. The van der Waals surface area contributed by atoms with E-state index in [1.54, 1.807) is 30.3 Å². The molecule has 3 rings (SSSR count). The van der Waals surface area contributed by atoms with Crippen molar-refractivity contribution in [1.29, 1.82) is 5.26 Å². The summed E-state index contributed by atoms with van der Waals surface area (Å²) >= 11 is 0. The van der Waals surface area contributed by atoms with E-state index in [0.717, 1.165) is 22.3 Å². The molecule has 0 aromatic heterocycles. The van der Waals surface area contributed by atoms with Crippen molar-refractivity contribution in [3.63, 3.8) is 0 Å². The summed E-state index contributed by atoms with van der Waals surface area (Å²) in [4.78, 5) is 12.8. The summed E-state index contributed by atoms with van der Waals surface area (Å²) in [6.45, 7) is 6.07. The van der Waals surface area contributed by atoms with Gasteiger partial charge in [-0.2, -0.15) is 5.26 Å². The molecule has 0 spiro atoms. The summed E-state index contributed by atoms with van der Waals surface area (Å²) in [6, 6.07) is 17.1. The van der Waals surface area contributed by atoms with Crippen molar-refractivity contribution >= 4 is 17.7 Å². The monoisotopic (exact) mass is 444 g/mol. The molecule has 0 bridgehead atoms. The van der Waals surface area contributed by atoms with Crippen LogP contribution in [0, 0.1) is 37.9 Å². The fraction of sp³-hybridized carbons (Fsp3) is 0.185. The number of aryl methyl sites for hydroxylation is 3. The van der Waals surface area contributed by atoms with E-state index in [4.69, 9.17) is 9.47 Å². The van der Waals surface area contributed by atoms with Crippen LogP contribution in [-0.2, 0) is 11.4 Å². The fourth-order valence-corrected chi connectivity index (χ4v) is 3.51. The molecular formula is C27H25FN2O3. The van der Waals surface area contributed by atoms with Gasteiger partial charge >= 0.3 is 0 Å². The maximum absolute atomic E-state index is 13.1. The van der Waals surface area contributed by atoms with Crippen molar-refractivity contribution in [3.05, 3.63) is 93.8 Å². The molecule has 0 radical (unpaired) electrons. The summed E-state index contributed by atoms with van der Waals surface area (Å²) in [5, 5.41) is 12.4. The van der Waals surface area contributed by atoms with Crippen molar-refractivity contribution in [1.82, 2.24) is 0 Å². The second kappa shape index (κ2) is 10.5. The minimum Gasteiger partial charge on any atom is -0.493 e. The Balaban J connectivity index is 1.78. The second-order valence-corrected chi connectivity index (χ2v) is 7.72. The van der Waals surface area contributed by atoms with Crippen LogP contribution in [0.5, 0.6) is 11.5 Å². The van der Waals surface area contributed by atoms with E-state index >= 15 is 0 Å². The highest BCUT2D eigenvalue weighted by atomic mass is 19.1. The van der Waals surface area contributed by atoms with Crippen LogP contribution in [0.1, 0.15) is 27.8 Å². The largest absolute Gasteiger partial charge is 0.493 e. The maximum atomic E-state index is 13.1. The van der Waals surface area contributed by atoms with E-state index in [1.807, 2.05) is 39.0 Å². The smallest absolute Gasteiger partial charge is 0.266 e. The highest BCUT2D eigenvalue weighted by Crippen LogP contribution is 2.30. The molecule has 0 aliphatic heterocycles. The molecular weight excluding hydrogens is 419 g/mol. The van der Waals surface area contributed by atoms with Crippen molar-refractivity contribution in [2.75, 3.05) is 12.4 Å². The summed E-state index contributed by atoms with van der Waals surface area (Å²) in [6.07, 6.45) is 1.50. The predicted molar refractivity (Wildman–Crippen MR) is 127 cm³/mol. The lowest BCUT2D eigenvalue weighted by molar-refractivity contribution is -0.112. The molecule has 0 atom stereocenters. The molecule has 0 aliphatic carbocycles. The van der Waals surface area contributed by atoms with E-state index in [-0.39, 0.29) is 18.0 Å². The van der Waals surface area contributed by atoms with Crippen molar-refractivity contribution in [2.24, 2.45) is 0 Å². The van der Waals surface area contributed by atoms with Gasteiger partial charge in [-0.3, -0.25) is 4.79 Å². The number of hydrogen-bond acceptors (Lipinski definition) is 4. The highest BCUT2D eigenvalue weighted by molar-refractivity contribution is 6.10. The van der Waals surface area contributed by atoms with Gasteiger partial charge in [0.25, 0.3) is 5.91 Å². The van der Waals surface area contributed by atoms with Gasteiger partial charge in [0.15, 0.2) is 11.5 Å². The van der Waals surface area contributed by atoms with Crippen LogP contribution in [0.25, 0.3) is 6.08 Å².